The SMILES string of the molecule is Cc1cccc2cc(C(=O)O)n(-c3cccc(Cl)c3)c12. The second kappa shape index (κ2) is 4.69. The Morgan fingerprint density at radius 1 is 1.15 bits per heavy atom. The molecule has 3 nitrogen and oxygen atoms in total. The van der Waals surface area contributed by atoms with Gasteiger partial charge in [0.05, 0.1) is 5.52 Å². The average molecular weight is 286 g/mol. The topological polar surface area (TPSA) is 42.2 Å². The smallest absolute Gasteiger partial charge is 0.352 e. The van der Waals surface area contributed by atoms with Crippen molar-refractivity contribution >= 4 is 28.5 Å². The molecule has 0 saturated carbocycles. The number of halogens is 1. The molecular formula is C16H12ClNO2. The van der Waals surface area contributed by atoms with Gasteiger partial charge in [0.2, 0.25) is 0 Å². The van der Waals surface area contributed by atoms with Crippen molar-refractivity contribution in [1.82, 2.24) is 4.57 Å². The van der Waals surface area contributed by atoms with Gasteiger partial charge in [-0.2, -0.15) is 0 Å². The average Bonchev–Trinajstić information content (AvgIpc) is 2.80. The summed E-state index contributed by atoms with van der Waals surface area (Å²) in [4.78, 5) is 11.5. The summed E-state index contributed by atoms with van der Waals surface area (Å²) < 4.78 is 1.74. The Morgan fingerprint density at radius 2 is 1.90 bits per heavy atom. The van der Waals surface area contributed by atoms with Gasteiger partial charge in [-0.3, -0.25) is 0 Å². The quantitative estimate of drug-likeness (QED) is 0.763. The molecule has 1 heterocycles. The van der Waals surface area contributed by atoms with Crippen LogP contribution in [0.15, 0.2) is 48.5 Å². The number of aryl methyl sites for hydroxylation is 1. The molecule has 4 heteroatoms. The molecule has 1 N–H and O–H groups in total. The first-order valence-electron chi connectivity index (χ1n) is 6.18. The first-order valence-corrected chi connectivity index (χ1v) is 6.56. The number of carboxylic acid groups (broad SMARTS) is 1. The van der Waals surface area contributed by atoms with Crippen LogP contribution in [-0.2, 0) is 0 Å². The van der Waals surface area contributed by atoms with Gasteiger partial charge in [-0.25, -0.2) is 4.79 Å². The van der Waals surface area contributed by atoms with Crippen molar-refractivity contribution in [3.8, 4) is 5.69 Å². The van der Waals surface area contributed by atoms with E-state index in [2.05, 4.69) is 0 Å². The predicted molar refractivity (Wildman–Crippen MR) is 80.0 cm³/mol. The Hall–Kier alpha value is -2.26. The molecule has 0 atom stereocenters. The summed E-state index contributed by atoms with van der Waals surface area (Å²) in [6, 6.07) is 14.7. The maximum Gasteiger partial charge on any atom is 0.352 e. The summed E-state index contributed by atoms with van der Waals surface area (Å²) in [7, 11) is 0. The van der Waals surface area contributed by atoms with E-state index >= 15 is 0 Å². The monoisotopic (exact) mass is 285 g/mol. The van der Waals surface area contributed by atoms with Crippen LogP contribution in [0.1, 0.15) is 16.1 Å². The minimum Gasteiger partial charge on any atom is -0.477 e. The predicted octanol–water partition coefficient (Wildman–Crippen LogP) is 4.29. The normalized spacial score (nSPS) is 10.9. The van der Waals surface area contributed by atoms with E-state index in [0.717, 1.165) is 22.2 Å². The van der Waals surface area contributed by atoms with Gasteiger partial charge in [0, 0.05) is 16.1 Å². The minimum atomic E-state index is -0.958. The number of hydrogen-bond acceptors (Lipinski definition) is 1. The number of benzene rings is 2. The number of fused-ring (bicyclic) bond motifs is 1. The van der Waals surface area contributed by atoms with Gasteiger partial charge in [-0.1, -0.05) is 35.9 Å². The van der Waals surface area contributed by atoms with E-state index in [4.69, 9.17) is 11.6 Å². The number of aromatic carboxylic acids is 1. The van der Waals surface area contributed by atoms with Gasteiger partial charge in [0.15, 0.2) is 0 Å². The fourth-order valence-corrected chi connectivity index (χ4v) is 2.66. The molecule has 100 valence electrons. The molecule has 0 radical (unpaired) electrons. The van der Waals surface area contributed by atoms with E-state index in [1.54, 1.807) is 22.8 Å². The molecule has 0 fully saturated rings. The number of carbonyl (C=O) groups is 1. The van der Waals surface area contributed by atoms with Crippen molar-refractivity contribution in [3.05, 3.63) is 64.8 Å². The molecule has 0 unspecified atom stereocenters. The lowest BCUT2D eigenvalue weighted by atomic mass is 10.1. The summed E-state index contributed by atoms with van der Waals surface area (Å²) in [6.07, 6.45) is 0. The van der Waals surface area contributed by atoms with Crippen LogP contribution in [0.4, 0.5) is 0 Å². The molecular weight excluding hydrogens is 274 g/mol. The van der Waals surface area contributed by atoms with Crippen LogP contribution in [0.3, 0.4) is 0 Å². The van der Waals surface area contributed by atoms with Crippen LogP contribution in [0.2, 0.25) is 5.02 Å². The van der Waals surface area contributed by atoms with Crippen LogP contribution < -0.4 is 0 Å². The lowest BCUT2D eigenvalue weighted by molar-refractivity contribution is 0.0688. The molecule has 0 amide bonds. The van der Waals surface area contributed by atoms with Crippen LogP contribution in [0.25, 0.3) is 16.6 Å². The van der Waals surface area contributed by atoms with E-state index in [1.165, 1.54) is 0 Å². The number of nitrogens with zero attached hydrogens (tertiary/aromatic N) is 1. The Kier molecular flexibility index (Phi) is 2.99. The Balaban J connectivity index is 2.43. The van der Waals surface area contributed by atoms with Gasteiger partial charge in [-0.05, 0) is 36.8 Å². The first-order chi connectivity index (χ1) is 9.58. The third-order valence-corrected chi connectivity index (χ3v) is 3.55. The van der Waals surface area contributed by atoms with Gasteiger partial charge < -0.3 is 9.67 Å². The van der Waals surface area contributed by atoms with Gasteiger partial charge in [0.1, 0.15) is 5.69 Å². The van der Waals surface area contributed by atoms with Crippen molar-refractivity contribution < 1.29 is 9.90 Å². The molecule has 0 bridgehead atoms. The number of para-hydroxylation sites is 1. The van der Waals surface area contributed by atoms with Crippen molar-refractivity contribution in [2.75, 3.05) is 0 Å². The Labute approximate surface area is 121 Å². The van der Waals surface area contributed by atoms with Crippen molar-refractivity contribution in [2.45, 2.75) is 6.92 Å². The fourth-order valence-electron chi connectivity index (χ4n) is 2.48. The molecule has 0 saturated heterocycles. The number of aromatic nitrogens is 1. The zero-order chi connectivity index (χ0) is 14.3. The summed E-state index contributed by atoms with van der Waals surface area (Å²) in [5.74, 6) is -0.958. The van der Waals surface area contributed by atoms with E-state index in [-0.39, 0.29) is 5.69 Å². The van der Waals surface area contributed by atoms with Crippen molar-refractivity contribution in [3.63, 3.8) is 0 Å². The van der Waals surface area contributed by atoms with Crippen LogP contribution in [0, 0.1) is 6.92 Å². The summed E-state index contributed by atoms with van der Waals surface area (Å²) in [6.45, 7) is 1.97. The van der Waals surface area contributed by atoms with Gasteiger partial charge in [-0.15, -0.1) is 0 Å². The second-order valence-electron chi connectivity index (χ2n) is 4.66. The first kappa shape index (κ1) is 12.8. The van der Waals surface area contributed by atoms with E-state index < -0.39 is 5.97 Å². The molecule has 20 heavy (non-hydrogen) atoms. The molecule has 0 aliphatic carbocycles. The third kappa shape index (κ3) is 1.96. The number of hydrogen-bond donors (Lipinski definition) is 1. The van der Waals surface area contributed by atoms with Crippen LogP contribution in [0.5, 0.6) is 0 Å². The lowest BCUT2D eigenvalue weighted by Gasteiger charge is -2.10. The highest BCUT2D eigenvalue weighted by atomic mass is 35.5. The maximum atomic E-state index is 11.5. The zero-order valence-electron chi connectivity index (χ0n) is 10.8. The summed E-state index contributed by atoms with van der Waals surface area (Å²) >= 11 is 6.02. The van der Waals surface area contributed by atoms with Crippen LogP contribution >= 0.6 is 11.6 Å². The fraction of sp³-hybridized carbons (Fsp3) is 0.0625. The Bertz CT molecular complexity index is 820. The standard InChI is InChI=1S/C16H12ClNO2/c1-10-4-2-5-11-8-14(16(19)20)18(15(10)11)13-7-3-6-12(17)9-13/h2-9H,1H3,(H,19,20). The number of carboxylic acids is 1. The molecule has 0 aliphatic heterocycles. The van der Waals surface area contributed by atoms with Gasteiger partial charge >= 0.3 is 5.97 Å². The minimum absolute atomic E-state index is 0.233. The van der Waals surface area contributed by atoms with Crippen LogP contribution in [-0.4, -0.2) is 15.6 Å². The van der Waals surface area contributed by atoms with Crippen molar-refractivity contribution in [2.24, 2.45) is 0 Å². The lowest BCUT2D eigenvalue weighted by Crippen LogP contribution is -2.06. The molecule has 0 spiro atoms. The summed E-state index contributed by atoms with van der Waals surface area (Å²) in [5.41, 5.74) is 2.90. The largest absolute Gasteiger partial charge is 0.477 e. The molecule has 1 aromatic heterocycles. The number of rotatable bonds is 2. The summed E-state index contributed by atoms with van der Waals surface area (Å²) in [5, 5.41) is 10.9. The highest BCUT2D eigenvalue weighted by molar-refractivity contribution is 6.30. The van der Waals surface area contributed by atoms with Crippen molar-refractivity contribution in [1.29, 1.82) is 0 Å². The maximum absolute atomic E-state index is 11.5. The molecule has 3 rings (SSSR count). The molecule has 0 aliphatic rings. The van der Waals surface area contributed by atoms with E-state index in [1.807, 2.05) is 37.3 Å². The third-order valence-electron chi connectivity index (χ3n) is 3.31. The Morgan fingerprint density at radius 3 is 2.60 bits per heavy atom. The highest BCUT2D eigenvalue weighted by Gasteiger charge is 2.17. The van der Waals surface area contributed by atoms with Gasteiger partial charge in [0.25, 0.3) is 0 Å². The zero-order valence-corrected chi connectivity index (χ0v) is 11.6. The molecule has 3 aromatic rings. The molecule has 2 aromatic carbocycles. The van der Waals surface area contributed by atoms with E-state index in [0.29, 0.717) is 5.02 Å². The van der Waals surface area contributed by atoms with E-state index in [9.17, 15) is 9.90 Å². The highest BCUT2D eigenvalue weighted by Crippen LogP contribution is 2.28. The second-order valence-corrected chi connectivity index (χ2v) is 5.10.